The van der Waals surface area contributed by atoms with Crippen LogP contribution in [0.2, 0.25) is 0 Å². The van der Waals surface area contributed by atoms with Crippen molar-refractivity contribution in [3.8, 4) is 0 Å². The molecule has 2 aromatic carbocycles. The third-order valence-electron chi connectivity index (χ3n) is 3.11. The summed E-state index contributed by atoms with van der Waals surface area (Å²) in [6, 6.07) is 15.2. The molecule has 0 saturated heterocycles. The van der Waals surface area contributed by atoms with Crippen LogP contribution in [-0.4, -0.2) is 15.8 Å². The molecule has 0 amide bonds. The zero-order chi connectivity index (χ0) is 15.2. The summed E-state index contributed by atoms with van der Waals surface area (Å²) in [5.41, 5.74) is 2.45. The summed E-state index contributed by atoms with van der Waals surface area (Å²) >= 11 is 1.70. The molecule has 0 radical (unpaired) electrons. The van der Waals surface area contributed by atoms with Crippen molar-refractivity contribution >= 4 is 17.6 Å². The Morgan fingerprint density at radius 1 is 1.10 bits per heavy atom. The first-order valence-electron chi connectivity index (χ1n) is 6.81. The molecule has 0 aliphatic carbocycles. The van der Waals surface area contributed by atoms with Crippen LogP contribution in [-0.2, 0) is 6.54 Å². The number of rotatable bonds is 6. The molecule has 2 rings (SSSR count). The standard InChI is InChI=1S/C16H18N2O2S/c1-3-17(21-16-10-4-13(2)5-11-16)12-14-6-8-15(9-7-14)18(19)20/h4-11H,3,12H2,1-2H3. The van der Waals surface area contributed by atoms with Gasteiger partial charge in [0.1, 0.15) is 0 Å². The number of nitrogens with zero attached hydrogens (tertiary/aromatic N) is 2. The van der Waals surface area contributed by atoms with E-state index in [1.807, 2.05) is 12.1 Å². The predicted octanol–water partition coefficient (Wildman–Crippen LogP) is 4.43. The lowest BCUT2D eigenvalue weighted by Gasteiger charge is -2.19. The van der Waals surface area contributed by atoms with Crippen molar-refractivity contribution in [1.82, 2.24) is 4.31 Å². The van der Waals surface area contributed by atoms with Gasteiger partial charge < -0.3 is 0 Å². The van der Waals surface area contributed by atoms with Gasteiger partial charge in [-0.25, -0.2) is 4.31 Å². The third-order valence-corrected chi connectivity index (χ3v) is 4.24. The van der Waals surface area contributed by atoms with Crippen molar-refractivity contribution in [2.75, 3.05) is 6.54 Å². The Labute approximate surface area is 129 Å². The number of hydrogen-bond acceptors (Lipinski definition) is 4. The quantitative estimate of drug-likeness (QED) is 0.450. The predicted molar refractivity (Wildman–Crippen MR) is 86.2 cm³/mol. The number of aryl methyl sites for hydroxylation is 1. The minimum atomic E-state index is -0.373. The third kappa shape index (κ3) is 4.58. The maximum atomic E-state index is 10.7. The summed E-state index contributed by atoms with van der Waals surface area (Å²) in [6.07, 6.45) is 0. The molecule has 0 fully saturated rings. The van der Waals surface area contributed by atoms with Crippen LogP contribution in [0.25, 0.3) is 0 Å². The van der Waals surface area contributed by atoms with E-state index in [0.717, 1.165) is 18.7 Å². The summed E-state index contributed by atoms with van der Waals surface area (Å²) in [6.45, 7) is 5.83. The van der Waals surface area contributed by atoms with Crippen molar-refractivity contribution in [2.45, 2.75) is 25.3 Å². The highest BCUT2D eigenvalue weighted by Crippen LogP contribution is 2.25. The first-order valence-corrected chi connectivity index (χ1v) is 7.58. The molecule has 0 heterocycles. The Morgan fingerprint density at radius 2 is 1.71 bits per heavy atom. The summed E-state index contributed by atoms with van der Waals surface area (Å²) in [7, 11) is 0. The topological polar surface area (TPSA) is 46.4 Å². The van der Waals surface area contributed by atoms with E-state index in [0.29, 0.717) is 0 Å². The van der Waals surface area contributed by atoms with Gasteiger partial charge in [0.2, 0.25) is 0 Å². The van der Waals surface area contributed by atoms with Crippen LogP contribution in [0.3, 0.4) is 0 Å². The first-order chi connectivity index (χ1) is 10.1. The molecule has 0 atom stereocenters. The molecule has 0 saturated carbocycles. The molecule has 0 aliphatic rings. The molecule has 0 aromatic heterocycles. The zero-order valence-electron chi connectivity index (χ0n) is 12.2. The molecular formula is C16H18N2O2S. The van der Waals surface area contributed by atoms with Crippen LogP contribution in [0.4, 0.5) is 5.69 Å². The molecule has 2 aromatic rings. The lowest BCUT2D eigenvalue weighted by Crippen LogP contribution is -2.14. The van der Waals surface area contributed by atoms with Crippen LogP contribution < -0.4 is 0 Å². The van der Waals surface area contributed by atoms with Crippen LogP contribution in [0, 0.1) is 17.0 Å². The van der Waals surface area contributed by atoms with Gasteiger partial charge in [0, 0.05) is 30.1 Å². The smallest absolute Gasteiger partial charge is 0.258 e. The van der Waals surface area contributed by atoms with E-state index >= 15 is 0 Å². The van der Waals surface area contributed by atoms with Crippen molar-refractivity contribution in [2.24, 2.45) is 0 Å². The molecule has 0 aliphatic heterocycles. The van der Waals surface area contributed by atoms with E-state index in [-0.39, 0.29) is 10.6 Å². The lowest BCUT2D eigenvalue weighted by molar-refractivity contribution is -0.384. The molecule has 0 unspecified atom stereocenters. The largest absolute Gasteiger partial charge is 0.269 e. The number of nitro groups is 1. The van der Waals surface area contributed by atoms with Gasteiger partial charge in [0.05, 0.1) is 4.92 Å². The van der Waals surface area contributed by atoms with E-state index in [9.17, 15) is 10.1 Å². The maximum Gasteiger partial charge on any atom is 0.269 e. The van der Waals surface area contributed by atoms with Crippen molar-refractivity contribution in [3.05, 3.63) is 69.8 Å². The highest BCUT2D eigenvalue weighted by Gasteiger charge is 2.08. The van der Waals surface area contributed by atoms with Crippen LogP contribution in [0.5, 0.6) is 0 Å². The summed E-state index contributed by atoms with van der Waals surface area (Å²) in [5, 5.41) is 10.7. The van der Waals surface area contributed by atoms with Gasteiger partial charge in [-0.2, -0.15) is 0 Å². The van der Waals surface area contributed by atoms with E-state index in [4.69, 9.17) is 0 Å². The fraction of sp³-hybridized carbons (Fsp3) is 0.250. The Morgan fingerprint density at radius 3 is 2.24 bits per heavy atom. The fourth-order valence-corrected chi connectivity index (χ4v) is 2.78. The maximum absolute atomic E-state index is 10.7. The van der Waals surface area contributed by atoms with E-state index < -0.39 is 0 Å². The highest BCUT2D eigenvalue weighted by atomic mass is 32.2. The zero-order valence-corrected chi connectivity index (χ0v) is 13.0. The second-order valence-electron chi connectivity index (χ2n) is 4.78. The minimum absolute atomic E-state index is 0.132. The van der Waals surface area contributed by atoms with Crippen LogP contribution in [0.15, 0.2) is 53.4 Å². The van der Waals surface area contributed by atoms with Crippen LogP contribution in [0.1, 0.15) is 18.1 Å². The average molecular weight is 302 g/mol. The Balaban J connectivity index is 2.01. The number of hydrogen-bond donors (Lipinski definition) is 0. The Bertz CT molecular complexity index is 597. The van der Waals surface area contributed by atoms with E-state index in [1.165, 1.54) is 10.5 Å². The van der Waals surface area contributed by atoms with Crippen molar-refractivity contribution < 1.29 is 4.92 Å². The number of benzene rings is 2. The van der Waals surface area contributed by atoms with Crippen molar-refractivity contribution in [1.29, 1.82) is 0 Å². The molecule has 110 valence electrons. The summed E-state index contributed by atoms with van der Waals surface area (Å²) in [5.74, 6) is 0. The summed E-state index contributed by atoms with van der Waals surface area (Å²) in [4.78, 5) is 11.5. The molecule has 21 heavy (non-hydrogen) atoms. The normalized spacial score (nSPS) is 10.8. The lowest BCUT2D eigenvalue weighted by atomic mass is 10.2. The number of non-ortho nitro benzene ring substituents is 1. The van der Waals surface area contributed by atoms with Gasteiger partial charge in [-0.05, 0) is 36.6 Å². The molecule has 0 bridgehead atoms. The SMILES string of the molecule is CCN(Cc1ccc([N+](=O)[O-])cc1)Sc1ccc(C)cc1. The molecule has 5 heteroatoms. The van der Waals surface area contributed by atoms with Gasteiger partial charge >= 0.3 is 0 Å². The highest BCUT2D eigenvalue weighted by molar-refractivity contribution is 7.97. The molecular weight excluding hydrogens is 284 g/mol. The summed E-state index contributed by atoms with van der Waals surface area (Å²) < 4.78 is 2.23. The average Bonchev–Trinajstić information content (AvgIpc) is 2.49. The molecule has 0 N–H and O–H groups in total. The van der Waals surface area contributed by atoms with Gasteiger partial charge in [-0.15, -0.1) is 0 Å². The van der Waals surface area contributed by atoms with Gasteiger partial charge in [-0.1, -0.05) is 36.8 Å². The second-order valence-corrected chi connectivity index (χ2v) is 5.95. The van der Waals surface area contributed by atoms with E-state index in [2.05, 4.69) is 42.4 Å². The van der Waals surface area contributed by atoms with Gasteiger partial charge in [0.15, 0.2) is 0 Å². The van der Waals surface area contributed by atoms with Crippen LogP contribution >= 0.6 is 11.9 Å². The van der Waals surface area contributed by atoms with Gasteiger partial charge in [0.25, 0.3) is 5.69 Å². The second kappa shape index (κ2) is 7.24. The Hall–Kier alpha value is -1.85. The molecule has 4 nitrogen and oxygen atoms in total. The Kier molecular flexibility index (Phi) is 5.36. The van der Waals surface area contributed by atoms with Gasteiger partial charge in [-0.3, -0.25) is 10.1 Å². The monoisotopic (exact) mass is 302 g/mol. The number of nitro benzene ring substituents is 1. The minimum Gasteiger partial charge on any atom is -0.258 e. The van der Waals surface area contributed by atoms with E-state index in [1.54, 1.807) is 24.1 Å². The molecule has 0 spiro atoms. The fourth-order valence-electron chi connectivity index (χ4n) is 1.88. The van der Waals surface area contributed by atoms with Crippen molar-refractivity contribution in [3.63, 3.8) is 0 Å². The first kappa shape index (κ1) is 15.5.